The molecular weight excluding hydrogens is 330 g/mol. The maximum atomic E-state index is 12.4. The maximum absolute atomic E-state index is 12.4. The fraction of sp³-hybridized carbons (Fsp3) is 0.263. The van der Waals surface area contributed by atoms with Gasteiger partial charge < -0.3 is 15.1 Å². The van der Waals surface area contributed by atoms with Crippen LogP contribution in [0.1, 0.15) is 15.9 Å². The predicted octanol–water partition coefficient (Wildman–Crippen LogP) is 1.20. The van der Waals surface area contributed by atoms with Crippen molar-refractivity contribution >= 4 is 23.8 Å². The molecule has 1 aromatic carbocycles. The Balaban J connectivity index is 1.54. The normalized spacial score (nSPS) is 14.5. The highest BCUT2D eigenvalue weighted by Gasteiger charge is 2.20. The summed E-state index contributed by atoms with van der Waals surface area (Å²) < 4.78 is 0. The van der Waals surface area contributed by atoms with Gasteiger partial charge in [0.1, 0.15) is 0 Å². The number of benzene rings is 1. The van der Waals surface area contributed by atoms with E-state index in [4.69, 9.17) is 0 Å². The first-order valence-corrected chi connectivity index (χ1v) is 8.48. The van der Waals surface area contributed by atoms with Gasteiger partial charge in [0.05, 0.1) is 0 Å². The van der Waals surface area contributed by atoms with Gasteiger partial charge in [0.2, 0.25) is 11.9 Å². The van der Waals surface area contributed by atoms with E-state index in [1.165, 1.54) is 0 Å². The summed E-state index contributed by atoms with van der Waals surface area (Å²) in [6, 6.07) is 8.90. The molecule has 1 aliphatic rings. The number of anilines is 1. The molecule has 7 heteroatoms. The van der Waals surface area contributed by atoms with Crippen molar-refractivity contribution in [2.24, 2.45) is 0 Å². The van der Waals surface area contributed by atoms with E-state index < -0.39 is 0 Å². The summed E-state index contributed by atoms with van der Waals surface area (Å²) in [6.45, 7) is 2.70. The molecule has 0 radical (unpaired) electrons. The van der Waals surface area contributed by atoms with E-state index in [2.05, 4.69) is 20.2 Å². The first kappa shape index (κ1) is 17.6. The molecule has 7 nitrogen and oxygen atoms in total. The van der Waals surface area contributed by atoms with Gasteiger partial charge in [-0.15, -0.1) is 0 Å². The molecule has 2 heterocycles. The van der Waals surface area contributed by atoms with Crippen molar-refractivity contribution < 1.29 is 9.59 Å². The summed E-state index contributed by atoms with van der Waals surface area (Å²) in [4.78, 5) is 36.3. The molecule has 2 aromatic rings. The number of aromatic nitrogens is 2. The topological polar surface area (TPSA) is 78.4 Å². The first-order valence-electron chi connectivity index (χ1n) is 8.48. The maximum Gasteiger partial charge on any atom is 0.251 e. The first-order chi connectivity index (χ1) is 12.7. The fourth-order valence-electron chi connectivity index (χ4n) is 2.74. The molecule has 1 fully saturated rings. The third-order valence-corrected chi connectivity index (χ3v) is 4.24. The van der Waals surface area contributed by atoms with Gasteiger partial charge >= 0.3 is 0 Å². The van der Waals surface area contributed by atoms with Crippen LogP contribution in [-0.2, 0) is 4.79 Å². The molecule has 1 aliphatic heterocycles. The SMILES string of the molecule is CNC(=O)c1ccc(/C=C/C(=O)N2CCN(c3ncccn3)CC2)cc1. The summed E-state index contributed by atoms with van der Waals surface area (Å²) >= 11 is 0. The van der Waals surface area contributed by atoms with Crippen LogP contribution in [0.2, 0.25) is 0 Å². The molecule has 0 atom stereocenters. The van der Waals surface area contributed by atoms with E-state index in [1.54, 1.807) is 49.8 Å². The number of hydrogen-bond acceptors (Lipinski definition) is 5. The van der Waals surface area contributed by atoms with Crippen molar-refractivity contribution in [3.63, 3.8) is 0 Å². The minimum absolute atomic E-state index is 0.0194. The van der Waals surface area contributed by atoms with Crippen LogP contribution in [-0.4, -0.2) is 59.9 Å². The summed E-state index contributed by atoms with van der Waals surface area (Å²) in [5, 5.41) is 2.58. The van der Waals surface area contributed by atoms with E-state index in [0.29, 0.717) is 37.7 Å². The van der Waals surface area contributed by atoms with E-state index >= 15 is 0 Å². The molecule has 1 N–H and O–H groups in total. The summed E-state index contributed by atoms with van der Waals surface area (Å²) in [6.07, 6.45) is 6.78. The fourth-order valence-corrected chi connectivity index (χ4v) is 2.74. The van der Waals surface area contributed by atoms with Crippen LogP contribution in [0.5, 0.6) is 0 Å². The van der Waals surface area contributed by atoms with Crippen LogP contribution >= 0.6 is 0 Å². The summed E-state index contributed by atoms with van der Waals surface area (Å²) in [5.74, 6) is 0.553. The van der Waals surface area contributed by atoms with Crippen molar-refractivity contribution in [2.45, 2.75) is 0 Å². The second-order valence-corrected chi connectivity index (χ2v) is 5.90. The predicted molar refractivity (Wildman–Crippen MR) is 99.7 cm³/mol. The van der Waals surface area contributed by atoms with Gasteiger partial charge in [-0.2, -0.15) is 0 Å². The Morgan fingerprint density at radius 3 is 2.31 bits per heavy atom. The third-order valence-electron chi connectivity index (χ3n) is 4.24. The Hall–Kier alpha value is -3.22. The number of carbonyl (C=O) groups excluding carboxylic acids is 2. The van der Waals surface area contributed by atoms with Crippen LogP contribution in [0.4, 0.5) is 5.95 Å². The largest absolute Gasteiger partial charge is 0.355 e. The molecule has 1 aromatic heterocycles. The Bertz CT molecular complexity index is 781. The average molecular weight is 351 g/mol. The highest BCUT2D eigenvalue weighted by molar-refractivity contribution is 5.94. The number of hydrogen-bond donors (Lipinski definition) is 1. The second kappa shape index (κ2) is 8.24. The van der Waals surface area contributed by atoms with Crippen LogP contribution in [0.3, 0.4) is 0 Å². The number of carbonyl (C=O) groups is 2. The third kappa shape index (κ3) is 4.24. The summed E-state index contributed by atoms with van der Waals surface area (Å²) in [5.41, 5.74) is 1.47. The zero-order chi connectivity index (χ0) is 18.4. The molecule has 1 saturated heterocycles. The monoisotopic (exact) mass is 351 g/mol. The number of rotatable bonds is 4. The quantitative estimate of drug-likeness (QED) is 0.838. The van der Waals surface area contributed by atoms with Gasteiger partial charge in [0.15, 0.2) is 0 Å². The molecule has 26 heavy (non-hydrogen) atoms. The van der Waals surface area contributed by atoms with E-state index in [-0.39, 0.29) is 11.8 Å². The number of amides is 2. The minimum atomic E-state index is -0.128. The lowest BCUT2D eigenvalue weighted by atomic mass is 10.1. The van der Waals surface area contributed by atoms with Crippen molar-refractivity contribution in [3.8, 4) is 0 Å². The van der Waals surface area contributed by atoms with Crippen LogP contribution in [0.15, 0.2) is 48.8 Å². The molecule has 0 unspecified atom stereocenters. The van der Waals surface area contributed by atoms with Gasteiger partial charge in [0.25, 0.3) is 5.91 Å². The summed E-state index contributed by atoms with van der Waals surface area (Å²) in [7, 11) is 1.60. The molecule has 2 amide bonds. The molecule has 3 rings (SSSR count). The molecule has 0 saturated carbocycles. The Kier molecular flexibility index (Phi) is 5.58. The molecular formula is C19H21N5O2. The molecule has 0 spiro atoms. The molecule has 134 valence electrons. The van der Waals surface area contributed by atoms with E-state index in [1.807, 2.05) is 17.0 Å². The Morgan fingerprint density at radius 1 is 1.04 bits per heavy atom. The lowest BCUT2D eigenvalue weighted by Crippen LogP contribution is -2.48. The van der Waals surface area contributed by atoms with Gasteiger partial charge in [-0.05, 0) is 29.8 Å². The average Bonchev–Trinajstić information content (AvgIpc) is 2.72. The molecule has 0 aliphatic carbocycles. The minimum Gasteiger partial charge on any atom is -0.355 e. The van der Waals surface area contributed by atoms with Crippen molar-refractivity contribution in [3.05, 3.63) is 59.9 Å². The Labute approximate surface area is 152 Å². The van der Waals surface area contributed by atoms with Crippen LogP contribution in [0, 0.1) is 0 Å². The van der Waals surface area contributed by atoms with E-state index in [0.717, 1.165) is 5.56 Å². The van der Waals surface area contributed by atoms with Crippen molar-refractivity contribution in [1.82, 2.24) is 20.2 Å². The lowest BCUT2D eigenvalue weighted by Gasteiger charge is -2.34. The zero-order valence-electron chi connectivity index (χ0n) is 14.6. The van der Waals surface area contributed by atoms with Crippen LogP contribution in [0.25, 0.3) is 6.08 Å². The number of nitrogens with one attached hydrogen (secondary N) is 1. The van der Waals surface area contributed by atoms with Gasteiger partial charge in [-0.1, -0.05) is 12.1 Å². The molecule has 0 bridgehead atoms. The second-order valence-electron chi connectivity index (χ2n) is 5.90. The van der Waals surface area contributed by atoms with Crippen LogP contribution < -0.4 is 10.2 Å². The van der Waals surface area contributed by atoms with Crippen molar-refractivity contribution in [1.29, 1.82) is 0 Å². The van der Waals surface area contributed by atoms with Gasteiger partial charge in [-0.3, -0.25) is 9.59 Å². The standard InChI is InChI=1S/C19H21N5O2/c1-20-18(26)16-6-3-15(4-7-16)5-8-17(25)23-11-13-24(14-12-23)19-21-9-2-10-22-19/h2-10H,11-14H2,1H3,(H,20,26)/b8-5+. The highest BCUT2D eigenvalue weighted by Crippen LogP contribution is 2.11. The number of nitrogens with zero attached hydrogens (tertiary/aromatic N) is 4. The highest BCUT2D eigenvalue weighted by atomic mass is 16.2. The van der Waals surface area contributed by atoms with Gasteiger partial charge in [-0.25, -0.2) is 9.97 Å². The van der Waals surface area contributed by atoms with Gasteiger partial charge in [0, 0.05) is 57.3 Å². The van der Waals surface area contributed by atoms with Crippen molar-refractivity contribution in [2.75, 3.05) is 38.1 Å². The Morgan fingerprint density at radius 2 is 1.69 bits per heavy atom. The lowest BCUT2D eigenvalue weighted by molar-refractivity contribution is -0.126. The van der Waals surface area contributed by atoms with E-state index in [9.17, 15) is 9.59 Å². The zero-order valence-corrected chi connectivity index (χ0v) is 14.6. The number of piperazine rings is 1. The smallest absolute Gasteiger partial charge is 0.251 e.